The van der Waals surface area contributed by atoms with Crippen molar-refractivity contribution in [1.29, 1.82) is 0 Å². The van der Waals surface area contributed by atoms with Gasteiger partial charge < -0.3 is 15.0 Å². The summed E-state index contributed by atoms with van der Waals surface area (Å²) >= 11 is 0. The molecule has 0 amide bonds. The molecule has 0 bridgehead atoms. The number of nitrogens with zero attached hydrogens (tertiary/aromatic N) is 4. The molecule has 1 aromatic carbocycles. The minimum atomic E-state index is -1.11. The van der Waals surface area contributed by atoms with Crippen LogP contribution in [-0.4, -0.2) is 36.6 Å². The summed E-state index contributed by atoms with van der Waals surface area (Å²) in [5.74, 6) is 1.46. The Labute approximate surface area is 224 Å². The average molecular weight is 514 g/mol. The van der Waals surface area contributed by atoms with Crippen LogP contribution in [0.1, 0.15) is 106 Å². The highest BCUT2D eigenvalue weighted by Gasteiger charge is 2.30. The lowest BCUT2D eigenvalue weighted by Gasteiger charge is -2.32. The molecule has 2 N–H and O–H groups in total. The number of benzene rings is 1. The molecule has 1 unspecified atom stereocenters. The normalized spacial score (nSPS) is 19.9. The molecule has 2 aromatic heterocycles. The highest BCUT2D eigenvalue weighted by Crippen LogP contribution is 2.40. The number of carboxylic acids is 1. The molecule has 2 fully saturated rings. The van der Waals surface area contributed by atoms with E-state index in [0.29, 0.717) is 23.3 Å². The van der Waals surface area contributed by atoms with E-state index in [2.05, 4.69) is 57.1 Å². The molecule has 3 aliphatic rings. The summed E-state index contributed by atoms with van der Waals surface area (Å²) in [7, 11) is 0. The lowest BCUT2D eigenvalue weighted by molar-refractivity contribution is 0.0684. The maximum Gasteiger partial charge on any atom is 0.374 e. The Morgan fingerprint density at radius 3 is 2.37 bits per heavy atom. The number of carbonyl (C=O) groups is 1. The van der Waals surface area contributed by atoms with E-state index in [4.69, 9.17) is 4.98 Å². The van der Waals surface area contributed by atoms with E-state index in [1.165, 1.54) is 74.5 Å². The van der Waals surface area contributed by atoms with Gasteiger partial charge in [-0.15, -0.1) is 0 Å². The summed E-state index contributed by atoms with van der Waals surface area (Å²) in [6.07, 6.45) is 14.3. The van der Waals surface area contributed by atoms with Crippen molar-refractivity contribution in [3.8, 4) is 0 Å². The number of fused-ring (bicyclic) bond motifs is 1. The molecule has 2 heterocycles. The first-order valence-electron chi connectivity index (χ1n) is 14.6. The molecule has 38 heavy (non-hydrogen) atoms. The van der Waals surface area contributed by atoms with Crippen molar-refractivity contribution in [2.75, 3.05) is 5.32 Å². The zero-order valence-corrected chi connectivity index (χ0v) is 22.5. The molecule has 3 aromatic rings. The van der Waals surface area contributed by atoms with Gasteiger partial charge in [-0.1, -0.05) is 56.0 Å². The van der Waals surface area contributed by atoms with Gasteiger partial charge >= 0.3 is 5.97 Å². The number of nitrogens with one attached hydrogen (secondary N) is 1. The predicted molar refractivity (Wildman–Crippen MR) is 151 cm³/mol. The maximum atomic E-state index is 12.0. The first-order valence-corrected chi connectivity index (χ1v) is 14.6. The van der Waals surface area contributed by atoms with E-state index in [1.54, 1.807) is 0 Å². The molecular formula is C31H39N5O2. The van der Waals surface area contributed by atoms with E-state index in [1.807, 2.05) is 0 Å². The zero-order valence-electron chi connectivity index (χ0n) is 22.5. The Kier molecular flexibility index (Phi) is 7.18. The predicted octanol–water partition coefficient (Wildman–Crippen LogP) is 7.19. The number of imidazole rings is 1. The highest BCUT2D eigenvalue weighted by atomic mass is 16.4. The number of allylic oxidation sites excluding steroid dienone is 2. The van der Waals surface area contributed by atoms with Crippen LogP contribution < -0.4 is 5.32 Å². The molecule has 1 atom stereocenters. The zero-order chi connectivity index (χ0) is 26.1. The van der Waals surface area contributed by atoms with Gasteiger partial charge in [-0.2, -0.15) is 0 Å². The van der Waals surface area contributed by atoms with Crippen molar-refractivity contribution in [2.45, 2.75) is 96.6 Å². The fourth-order valence-corrected chi connectivity index (χ4v) is 6.65. The van der Waals surface area contributed by atoms with Gasteiger partial charge in [0.25, 0.3) is 0 Å². The van der Waals surface area contributed by atoms with Crippen molar-refractivity contribution in [1.82, 2.24) is 19.5 Å². The number of carboxylic acid groups (broad SMARTS) is 1. The maximum absolute atomic E-state index is 12.0. The lowest BCUT2D eigenvalue weighted by atomic mass is 9.80. The van der Waals surface area contributed by atoms with Crippen LogP contribution in [0.25, 0.3) is 22.3 Å². The molecule has 0 spiro atoms. The summed E-state index contributed by atoms with van der Waals surface area (Å²) in [6.45, 7) is 3.07. The third-order valence-electron chi connectivity index (χ3n) is 9.04. The van der Waals surface area contributed by atoms with E-state index in [0.717, 1.165) is 37.1 Å². The summed E-state index contributed by atoms with van der Waals surface area (Å²) < 4.78 is 2.36. The van der Waals surface area contributed by atoms with Gasteiger partial charge in [0.15, 0.2) is 11.5 Å². The minimum absolute atomic E-state index is 0.185. The van der Waals surface area contributed by atoms with Crippen LogP contribution in [0.4, 0.5) is 5.82 Å². The summed E-state index contributed by atoms with van der Waals surface area (Å²) in [5.41, 5.74) is 5.27. The number of anilines is 1. The first kappa shape index (κ1) is 25.1. The molecule has 0 aliphatic heterocycles. The second kappa shape index (κ2) is 10.9. The topological polar surface area (TPSA) is 92.9 Å². The van der Waals surface area contributed by atoms with E-state index in [9.17, 15) is 9.90 Å². The van der Waals surface area contributed by atoms with Crippen LogP contribution in [0.3, 0.4) is 0 Å². The van der Waals surface area contributed by atoms with Gasteiger partial charge in [0.05, 0.1) is 0 Å². The van der Waals surface area contributed by atoms with E-state index < -0.39 is 5.97 Å². The first-order chi connectivity index (χ1) is 18.6. The number of aromatic nitrogens is 4. The molecule has 0 saturated heterocycles. The Morgan fingerprint density at radius 2 is 1.68 bits per heavy atom. The van der Waals surface area contributed by atoms with Gasteiger partial charge in [0.1, 0.15) is 11.3 Å². The SMILES string of the molecule is CC(Nc1nc(C(=O)O)nc2nc(C3=C(c4ccccc4)CCCC3)n(CC3CCCCC3)c12)C1CCC1. The molecular weight excluding hydrogens is 474 g/mol. The fourth-order valence-electron chi connectivity index (χ4n) is 6.65. The molecule has 3 aliphatic carbocycles. The van der Waals surface area contributed by atoms with Crippen molar-refractivity contribution >= 4 is 34.1 Å². The second-order valence-electron chi connectivity index (χ2n) is 11.6. The molecule has 7 nitrogen and oxygen atoms in total. The van der Waals surface area contributed by atoms with Crippen molar-refractivity contribution in [3.05, 3.63) is 47.5 Å². The van der Waals surface area contributed by atoms with Gasteiger partial charge in [-0.05, 0) is 86.8 Å². The van der Waals surface area contributed by atoms with E-state index in [-0.39, 0.29) is 11.9 Å². The van der Waals surface area contributed by atoms with Crippen LogP contribution in [0, 0.1) is 11.8 Å². The Hall–Kier alpha value is -3.22. The van der Waals surface area contributed by atoms with Crippen LogP contribution in [-0.2, 0) is 6.54 Å². The molecule has 200 valence electrons. The standard InChI is InChI=1S/C31H39N5O2/c1-20(22-15-10-16-22)32-27-26-28(34-29(33-27)31(37)38)35-30(36(26)19-21-11-4-2-5-12-21)25-18-9-8-17-24(25)23-13-6-3-7-14-23/h3,6-7,13-14,20-22H,2,4-5,8-12,15-19H2,1H3,(H,37,38)(H,32,33,34). The summed E-state index contributed by atoms with van der Waals surface area (Å²) in [6, 6.07) is 10.9. The third-order valence-corrected chi connectivity index (χ3v) is 9.04. The third kappa shape index (κ3) is 4.95. The smallest absolute Gasteiger partial charge is 0.374 e. The number of rotatable bonds is 8. The Morgan fingerprint density at radius 1 is 0.947 bits per heavy atom. The van der Waals surface area contributed by atoms with Gasteiger partial charge in [-0.3, -0.25) is 0 Å². The van der Waals surface area contributed by atoms with Gasteiger partial charge in [0, 0.05) is 12.6 Å². The molecule has 7 heteroatoms. The van der Waals surface area contributed by atoms with Crippen LogP contribution in [0.2, 0.25) is 0 Å². The highest BCUT2D eigenvalue weighted by molar-refractivity contribution is 5.95. The summed E-state index contributed by atoms with van der Waals surface area (Å²) in [5, 5.41) is 13.5. The van der Waals surface area contributed by atoms with Crippen molar-refractivity contribution < 1.29 is 9.90 Å². The lowest BCUT2D eigenvalue weighted by Crippen LogP contribution is -2.31. The quantitative estimate of drug-likeness (QED) is 0.331. The number of aromatic carboxylic acids is 1. The molecule has 2 saturated carbocycles. The monoisotopic (exact) mass is 513 g/mol. The average Bonchev–Trinajstić information content (AvgIpc) is 3.27. The Bertz CT molecular complexity index is 1340. The second-order valence-corrected chi connectivity index (χ2v) is 11.6. The molecule has 0 radical (unpaired) electrons. The van der Waals surface area contributed by atoms with Crippen molar-refractivity contribution in [3.63, 3.8) is 0 Å². The summed E-state index contributed by atoms with van der Waals surface area (Å²) in [4.78, 5) is 26.2. The van der Waals surface area contributed by atoms with Gasteiger partial charge in [-0.25, -0.2) is 19.7 Å². The Balaban J connectivity index is 1.54. The van der Waals surface area contributed by atoms with E-state index >= 15 is 0 Å². The number of hydrogen-bond donors (Lipinski definition) is 2. The van der Waals surface area contributed by atoms with Crippen LogP contribution >= 0.6 is 0 Å². The minimum Gasteiger partial charge on any atom is -0.475 e. The van der Waals surface area contributed by atoms with Crippen molar-refractivity contribution in [2.24, 2.45) is 11.8 Å². The molecule has 6 rings (SSSR count). The largest absolute Gasteiger partial charge is 0.475 e. The van der Waals surface area contributed by atoms with Gasteiger partial charge in [0.2, 0.25) is 5.82 Å². The van der Waals surface area contributed by atoms with Crippen LogP contribution in [0.15, 0.2) is 30.3 Å². The fraction of sp³-hybridized carbons (Fsp3) is 0.548. The van der Waals surface area contributed by atoms with Crippen LogP contribution in [0.5, 0.6) is 0 Å². The number of hydrogen-bond acceptors (Lipinski definition) is 5.